The highest BCUT2D eigenvalue weighted by Crippen LogP contribution is 2.09. The van der Waals surface area contributed by atoms with Crippen LogP contribution < -0.4 is 0 Å². The van der Waals surface area contributed by atoms with Gasteiger partial charge in [0.1, 0.15) is 0 Å². The molecule has 0 fully saturated rings. The normalized spacial score (nSPS) is 12.0. The minimum atomic E-state index is -0.251. The number of benzene rings is 1. The first-order chi connectivity index (χ1) is 10.1. The van der Waals surface area contributed by atoms with Gasteiger partial charge in [-0.25, -0.2) is 0 Å². The van der Waals surface area contributed by atoms with E-state index in [-0.39, 0.29) is 17.9 Å². The zero-order valence-corrected chi connectivity index (χ0v) is 12.9. The zero-order valence-electron chi connectivity index (χ0n) is 12.9. The summed E-state index contributed by atoms with van der Waals surface area (Å²) in [6.07, 6.45) is 0.303. The molecule has 21 heavy (non-hydrogen) atoms. The fourth-order valence-corrected chi connectivity index (χ4v) is 2.09. The van der Waals surface area contributed by atoms with Gasteiger partial charge in [-0.05, 0) is 5.56 Å². The fraction of sp³-hybridized carbons (Fsp3) is 0.500. The number of carbonyl (C=O) groups excluding carboxylic acids is 2. The third-order valence-corrected chi connectivity index (χ3v) is 3.24. The lowest BCUT2D eigenvalue weighted by Gasteiger charge is -2.24. The highest BCUT2D eigenvalue weighted by atomic mass is 16.5. The molecule has 5 nitrogen and oxygen atoms in total. The molecule has 1 aromatic carbocycles. The molecule has 0 saturated carbocycles. The lowest BCUT2D eigenvalue weighted by atomic mass is 10.1. The van der Waals surface area contributed by atoms with Gasteiger partial charge in [0.15, 0.2) is 0 Å². The molecule has 0 radical (unpaired) electrons. The maximum atomic E-state index is 11.6. The first kappa shape index (κ1) is 17.2. The minimum absolute atomic E-state index is 0.239. The van der Waals surface area contributed by atoms with Crippen LogP contribution in [0.5, 0.6) is 0 Å². The highest BCUT2D eigenvalue weighted by molar-refractivity contribution is 5.72. The van der Waals surface area contributed by atoms with Crippen LogP contribution in [0.25, 0.3) is 0 Å². The molecule has 116 valence electrons. The molecule has 0 bridgehead atoms. The van der Waals surface area contributed by atoms with Gasteiger partial charge < -0.3 is 9.47 Å². The highest BCUT2D eigenvalue weighted by Gasteiger charge is 2.18. The van der Waals surface area contributed by atoms with Crippen LogP contribution in [0.1, 0.15) is 18.9 Å². The van der Waals surface area contributed by atoms with Crippen molar-refractivity contribution in [1.82, 2.24) is 4.90 Å². The average molecular weight is 293 g/mol. The molecule has 0 aliphatic heterocycles. The average Bonchev–Trinajstić information content (AvgIpc) is 2.52. The number of rotatable bonds is 8. The third-order valence-electron chi connectivity index (χ3n) is 3.24. The van der Waals surface area contributed by atoms with Crippen molar-refractivity contribution in [2.45, 2.75) is 19.9 Å². The molecule has 0 N–H and O–H groups in total. The lowest BCUT2D eigenvalue weighted by molar-refractivity contribution is -0.145. The van der Waals surface area contributed by atoms with E-state index in [1.165, 1.54) is 14.2 Å². The Morgan fingerprint density at radius 2 is 1.81 bits per heavy atom. The molecule has 0 heterocycles. The fourth-order valence-electron chi connectivity index (χ4n) is 2.09. The van der Waals surface area contributed by atoms with E-state index in [1.54, 1.807) is 0 Å². The summed E-state index contributed by atoms with van der Waals surface area (Å²) in [6, 6.07) is 9.94. The predicted octanol–water partition coefficient (Wildman–Crippen LogP) is 1.86. The van der Waals surface area contributed by atoms with E-state index in [1.807, 2.05) is 37.3 Å². The standard InChI is InChI=1S/C16H23NO4/c1-13(16(19)21-3)11-17(10-9-15(18)20-2)12-14-7-5-4-6-8-14/h4-8,13H,9-12H2,1-3H3/t13-/m0/s1. The molecule has 0 unspecified atom stereocenters. The zero-order chi connectivity index (χ0) is 15.7. The van der Waals surface area contributed by atoms with Crippen LogP contribution >= 0.6 is 0 Å². The minimum Gasteiger partial charge on any atom is -0.469 e. The summed E-state index contributed by atoms with van der Waals surface area (Å²) in [4.78, 5) is 24.9. The molecule has 0 aliphatic carbocycles. The maximum absolute atomic E-state index is 11.6. The number of methoxy groups -OCH3 is 2. The maximum Gasteiger partial charge on any atom is 0.309 e. The molecular formula is C16H23NO4. The van der Waals surface area contributed by atoms with Crippen molar-refractivity contribution in [3.63, 3.8) is 0 Å². The van der Waals surface area contributed by atoms with Crippen molar-refractivity contribution in [3.05, 3.63) is 35.9 Å². The van der Waals surface area contributed by atoms with Crippen molar-refractivity contribution < 1.29 is 19.1 Å². The van der Waals surface area contributed by atoms with Crippen LogP contribution in [0.2, 0.25) is 0 Å². The summed E-state index contributed by atoms with van der Waals surface area (Å²) in [5.41, 5.74) is 1.14. The van der Waals surface area contributed by atoms with Gasteiger partial charge in [-0.1, -0.05) is 37.3 Å². The molecule has 1 aromatic rings. The van der Waals surface area contributed by atoms with Crippen molar-refractivity contribution in [3.8, 4) is 0 Å². The van der Waals surface area contributed by atoms with Crippen molar-refractivity contribution in [2.24, 2.45) is 5.92 Å². The SMILES string of the molecule is COC(=O)CCN(Cc1ccccc1)C[C@H](C)C(=O)OC. The Kier molecular flexibility index (Phi) is 7.46. The number of nitrogens with zero attached hydrogens (tertiary/aromatic N) is 1. The number of esters is 2. The van der Waals surface area contributed by atoms with Gasteiger partial charge in [-0.3, -0.25) is 14.5 Å². The second-order valence-corrected chi connectivity index (χ2v) is 4.97. The quantitative estimate of drug-likeness (QED) is 0.685. The first-order valence-electron chi connectivity index (χ1n) is 6.97. The summed E-state index contributed by atoms with van der Waals surface area (Å²) in [6.45, 7) is 3.59. The number of carbonyl (C=O) groups is 2. The Labute approximate surface area is 125 Å². The summed E-state index contributed by atoms with van der Waals surface area (Å²) in [5, 5.41) is 0. The Morgan fingerprint density at radius 3 is 2.38 bits per heavy atom. The molecule has 0 saturated heterocycles. The van der Waals surface area contributed by atoms with E-state index < -0.39 is 0 Å². The Hall–Kier alpha value is -1.88. The van der Waals surface area contributed by atoms with Gasteiger partial charge >= 0.3 is 11.9 Å². The summed E-state index contributed by atoms with van der Waals surface area (Å²) in [7, 11) is 2.76. The van der Waals surface area contributed by atoms with Crippen LogP contribution in [-0.4, -0.2) is 44.1 Å². The van der Waals surface area contributed by atoms with Crippen LogP contribution in [0.4, 0.5) is 0 Å². The third kappa shape index (κ3) is 6.40. The van der Waals surface area contributed by atoms with Gasteiger partial charge in [-0.15, -0.1) is 0 Å². The number of hydrogen-bond acceptors (Lipinski definition) is 5. The topological polar surface area (TPSA) is 55.8 Å². The van der Waals surface area contributed by atoms with Gasteiger partial charge in [-0.2, -0.15) is 0 Å². The number of hydrogen-bond donors (Lipinski definition) is 0. The van der Waals surface area contributed by atoms with E-state index in [4.69, 9.17) is 4.74 Å². The van der Waals surface area contributed by atoms with Crippen molar-refractivity contribution in [1.29, 1.82) is 0 Å². The van der Waals surface area contributed by atoms with Gasteiger partial charge in [0.25, 0.3) is 0 Å². The van der Waals surface area contributed by atoms with Crippen LogP contribution in [0.3, 0.4) is 0 Å². The molecule has 0 aromatic heterocycles. The largest absolute Gasteiger partial charge is 0.469 e. The van der Waals surface area contributed by atoms with Crippen LogP contribution in [0, 0.1) is 5.92 Å². The summed E-state index contributed by atoms with van der Waals surface area (Å²) < 4.78 is 9.42. The van der Waals surface area contributed by atoms with E-state index in [9.17, 15) is 9.59 Å². The summed E-state index contributed by atoms with van der Waals surface area (Å²) in [5.74, 6) is -0.735. The van der Waals surface area contributed by atoms with Crippen LogP contribution in [0.15, 0.2) is 30.3 Å². The molecular weight excluding hydrogens is 270 g/mol. The number of ether oxygens (including phenoxy) is 2. The second-order valence-electron chi connectivity index (χ2n) is 4.97. The predicted molar refractivity (Wildman–Crippen MR) is 79.5 cm³/mol. The van der Waals surface area contributed by atoms with E-state index in [0.29, 0.717) is 26.1 Å². The molecule has 1 atom stereocenters. The molecule has 0 aliphatic rings. The molecule has 0 spiro atoms. The lowest BCUT2D eigenvalue weighted by Crippen LogP contribution is -2.33. The van der Waals surface area contributed by atoms with Gasteiger partial charge in [0, 0.05) is 19.6 Å². The first-order valence-corrected chi connectivity index (χ1v) is 6.97. The molecule has 0 amide bonds. The van der Waals surface area contributed by atoms with E-state index in [2.05, 4.69) is 9.64 Å². The second kappa shape index (κ2) is 9.13. The molecule has 1 rings (SSSR count). The Bertz CT molecular complexity index is 447. The van der Waals surface area contributed by atoms with Crippen LogP contribution in [-0.2, 0) is 25.6 Å². The van der Waals surface area contributed by atoms with Crippen molar-refractivity contribution in [2.75, 3.05) is 27.3 Å². The van der Waals surface area contributed by atoms with Gasteiger partial charge in [0.2, 0.25) is 0 Å². The van der Waals surface area contributed by atoms with Gasteiger partial charge in [0.05, 0.1) is 26.6 Å². The van der Waals surface area contributed by atoms with E-state index in [0.717, 1.165) is 5.56 Å². The van der Waals surface area contributed by atoms with Crippen molar-refractivity contribution >= 4 is 11.9 Å². The monoisotopic (exact) mass is 293 g/mol. The Balaban J connectivity index is 2.65. The summed E-state index contributed by atoms with van der Waals surface area (Å²) >= 11 is 0. The Morgan fingerprint density at radius 1 is 1.14 bits per heavy atom. The smallest absolute Gasteiger partial charge is 0.309 e. The molecule has 5 heteroatoms. The van der Waals surface area contributed by atoms with E-state index >= 15 is 0 Å².